The van der Waals surface area contributed by atoms with Crippen molar-refractivity contribution >= 4 is 0 Å². The van der Waals surface area contributed by atoms with Gasteiger partial charge in [0.15, 0.2) is 0 Å². The zero-order chi connectivity index (χ0) is 14.4. The van der Waals surface area contributed by atoms with Crippen LogP contribution in [0.3, 0.4) is 0 Å². The van der Waals surface area contributed by atoms with Gasteiger partial charge in [0.05, 0.1) is 6.10 Å². The lowest BCUT2D eigenvalue weighted by molar-refractivity contribution is 0.0978. The molecule has 4 heteroatoms. The van der Waals surface area contributed by atoms with E-state index in [1.807, 2.05) is 31.2 Å². The monoisotopic (exact) mass is 279 g/mol. The highest BCUT2D eigenvalue weighted by atomic mass is 16.5. The zero-order valence-corrected chi connectivity index (χ0v) is 12.1. The Morgan fingerprint density at radius 3 is 2.85 bits per heavy atom. The Labute approximate surface area is 120 Å². The molecule has 1 saturated carbocycles. The van der Waals surface area contributed by atoms with Crippen LogP contribution in [0.1, 0.15) is 24.8 Å². The molecule has 0 saturated heterocycles. The average molecular weight is 279 g/mol. The van der Waals surface area contributed by atoms with Gasteiger partial charge in [-0.05, 0) is 37.3 Å². The van der Waals surface area contributed by atoms with Crippen molar-refractivity contribution < 1.29 is 14.9 Å². The third-order valence-electron chi connectivity index (χ3n) is 3.93. The van der Waals surface area contributed by atoms with Gasteiger partial charge in [0, 0.05) is 13.1 Å². The van der Waals surface area contributed by atoms with Gasteiger partial charge in [-0.1, -0.05) is 24.6 Å². The lowest BCUT2D eigenvalue weighted by atomic mass is 10.1. The predicted molar refractivity (Wildman–Crippen MR) is 78.9 cm³/mol. The van der Waals surface area contributed by atoms with Crippen LogP contribution in [0.2, 0.25) is 0 Å². The van der Waals surface area contributed by atoms with E-state index in [0.29, 0.717) is 12.5 Å². The largest absolute Gasteiger partial charge is 0.491 e. The van der Waals surface area contributed by atoms with E-state index in [9.17, 15) is 10.2 Å². The molecular weight excluding hydrogens is 254 g/mol. The van der Waals surface area contributed by atoms with Crippen molar-refractivity contribution in [2.24, 2.45) is 5.92 Å². The van der Waals surface area contributed by atoms with Gasteiger partial charge in [-0.2, -0.15) is 0 Å². The van der Waals surface area contributed by atoms with Crippen molar-refractivity contribution in [3.8, 4) is 5.75 Å². The molecule has 1 aromatic rings. The van der Waals surface area contributed by atoms with Gasteiger partial charge in [-0.15, -0.1) is 0 Å². The summed E-state index contributed by atoms with van der Waals surface area (Å²) in [7, 11) is 0. The first kappa shape index (κ1) is 15.3. The lowest BCUT2D eigenvalue weighted by Gasteiger charge is -2.18. The number of nitrogens with one attached hydrogen (secondary N) is 1. The van der Waals surface area contributed by atoms with Gasteiger partial charge >= 0.3 is 0 Å². The summed E-state index contributed by atoms with van der Waals surface area (Å²) < 4.78 is 5.60. The third-order valence-corrected chi connectivity index (χ3v) is 3.93. The first-order valence-corrected chi connectivity index (χ1v) is 7.42. The second-order valence-corrected chi connectivity index (χ2v) is 5.65. The van der Waals surface area contributed by atoms with E-state index < -0.39 is 6.10 Å². The maximum Gasteiger partial charge on any atom is 0.122 e. The Morgan fingerprint density at radius 2 is 2.15 bits per heavy atom. The smallest absolute Gasteiger partial charge is 0.122 e. The standard InChI is InChI=1S/C16H25NO3/c1-12-5-2-3-8-16(12)20-11-14(18)10-17-9-13-6-4-7-15(13)19/h2-3,5,8,13-15,17-19H,4,6-7,9-11H2,1H3. The second kappa shape index (κ2) is 7.62. The lowest BCUT2D eigenvalue weighted by Crippen LogP contribution is -2.36. The molecule has 0 heterocycles. The molecule has 20 heavy (non-hydrogen) atoms. The molecule has 0 radical (unpaired) electrons. The summed E-state index contributed by atoms with van der Waals surface area (Å²) in [5, 5.41) is 22.8. The average Bonchev–Trinajstić information content (AvgIpc) is 2.84. The number of hydrogen-bond donors (Lipinski definition) is 3. The summed E-state index contributed by atoms with van der Waals surface area (Å²) in [5.74, 6) is 1.15. The Kier molecular flexibility index (Phi) is 5.83. The van der Waals surface area contributed by atoms with Crippen molar-refractivity contribution in [1.82, 2.24) is 5.32 Å². The summed E-state index contributed by atoms with van der Waals surface area (Å²) in [4.78, 5) is 0. The van der Waals surface area contributed by atoms with Crippen molar-refractivity contribution in [2.45, 2.75) is 38.4 Å². The van der Waals surface area contributed by atoms with Crippen LogP contribution in [-0.4, -0.2) is 42.1 Å². The molecule has 112 valence electrons. The van der Waals surface area contributed by atoms with E-state index in [1.54, 1.807) is 0 Å². The van der Waals surface area contributed by atoms with Crippen molar-refractivity contribution in [3.05, 3.63) is 29.8 Å². The van der Waals surface area contributed by atoms with Gasteiger partial charge in [0.2, 0.25) is 0 Å². The molecule has 0 bridgehead atoms. The molecular formula is C16H25NO3. The number of aliphatic hydroxyl groups is 2. The molecule has 1 aliphatic rings. The van der Waals surface area contributed by atoms with Gasteiger partial charge in [0.1, 0.15) is 18.5 Å². The highest BCUT2D eigenvalue weighted by Crippen LogP contribution is 2.24. The molecule has 3 unspecified atom stereocenters. The van der Waals surface area contributed by atoms with E-state index >= 15 is 0 Å². The number of para-hydroxylation sites is 1. The van der Waals surface area contributed by atoms with Crippen LogP contribution in [0.4, 0.5) is 0 Å². The molecule has 0 aromatic heterocycles. The Balaban J connectivity index is 1.63. The Bertz CT molecular complexity index is 410. The number of ether oxygens (including phenoxy) is 1. The fourth-order valence-electron chi connectivity index (χ4n) is 2.65. The molecule has 1 fully saturated rings. The van der Waals surface area contributed by atoms with Crippen LogP contribution in [-0.2, 0) is 0 Å². The number of benzene rings is 1. The number of aryl methyl sites for hydroxylation is 1. The van der Waals surface area contributed by atoms with Gasteiger partial charge in [-0.25, -0.2) is 0 Å². The van der Waals surface area contributed by atoms with E-state index in [2.05, 4.69) is 5.32 Å². The molecule has 1 aromatic carbocycles. The minimum absolute atomic E-state index is 0.178. The van der Waals surface area contributed by atoms with Crippen LogP contribution < -0.4 is 10.1 Å². The van der Waals surface area contributed by atoms with Crippen LogP contribution in [0.15, 0.2) is 24.3 Å². The van der Waals surface area contributed by atoms with E-state index in [0.717, 1.165) is 37.1 Å². The Morgan fingerprint density at radius 1 is 1.35 bits per heavy atom. The third kappa shape index (κ3) is 4.47. The summed E-state index contributed by atoms with van der Waals surface area (Å²) >= 11 is 0. The second-order valence-electron chi connectivity index (χ2n) is 5.65. The first-order valence-electron chi connectivity index (χ1n) is 7.42. The summed E-state index contributed by atoms with van der Waals surface area (Å²) in [6.07, 6.45) is 2.37. The van der Waals surface area contributed by atoms with E-state index in [-0.39, 0.29) is 12.7 Å². The summed E-state index contributed by atoms with van der Waals surface area (Å²) in [6.45, 7) is 3.53. The molecule has 3 atom stereocenters. The fourth-order valence-corrected chi connectivity index (χ4v) is 2.65. The van der Waals surface area contributed by atoms with Crippen molar-refractivity contribution in [2.75, 3.05) is 19.7 Å². The quantitative estimate of drug-likeness (QED) is 0.707. The number of hydrogen-bond acceptors (Lipinski definition) is 4. The summed E-state index contributed by atoms with van der Waals surface area (Å²) in [5.41, 5.74) is 1.07. The summed E-state index contributed by atoms with van der Waals surface area (Å²) in [6, 6.07) is 7.79. The van der Waals surface area contributed by atoms with Gasteiger partial charge in [-0.3, -0.25) is 0 Å². The molecule has 2 rings (SSSR count). The molecule has 0 spiro atoms. The van der Waals surface area contributed by atoms with Crippen LogP contribution in [0.25, 0.3) is 0 Å². The zero-order valence-electron chi connectivity index (χ0n) is 12.1. The van der Waals surface area contributed by atoms with Crippen LogP contribution in [0, 0.1) is 12.8 Å². The number of aliphatic hydroxyl groups excluding tert-OH is 2. The maximum absolute atomic E-state index is 9.89. The fraction of sp³-hybridized carbons (Fsp3) is 0.625. The minimum atomic E-state index is -0.534. The molecule has 4 nitrogen and oxygen atoms in total. The molecule has 0 aliphatic heterocycles. The highest BCUT2D eigenvalue weighted by Gasteiger charge is 2.24. The topological polar surface area (TPSA) is 61.7 Å². The molecule has 0 amide bonds. The van der Waals surface area contributed by atoms with E-state index in [4.69, 9.17) is 4.74 Å². The maximum atomic E-state index is 9.89. The molecule has 3 N–H and O–H groups in total. The normalized spacial score (nSPS) is 23.8. The van der Waals surface area contributed by atoms with E-state index in [1.165, 1.54) is 0 Å². The highest BCUT2D eigenvalue weighted by molar-refractivity contribution is 5.31. The first-order chi connectivity index (χ1) is 9.66. The Hall–Kier alpha value is -1.10. The van der Waals surface area contributed by atoms with Crippen LogP contribution in [0.5, 0.6) is 5.75 Å². The minimum Gasteiger partial charge on any atom is -0.491 e. The van der Waals surface area contributed by atoms with Crippen LogP contribution >= 0.6 is 0 Å². The number of rotatable bonds is 7. The van der Waals surface area contributed by atoms with Crippen molar-refractivity contribution in [3.63, 3.8) is 0 Å². The van der Waals surface area contributed by atoms with Crippen molar-refractivity contribution in [1.29, 1.82) is 0 Å². The molecule has 1 aliphatic carbocycles. The predicted octanol–water partition coefficient (Wildman–Crippen LogP) is 1.49. The van der Waals surface area contributed by atoms with Gasteiger partial charge < -0.3 is 20.3 Å². The van der Waals surface area contributed by atoms with Gasteiger partial charge in [0.25, 0.3) is 0 Å². The SMILES string of the molecule is Cc1ccccc1OCC(O)CNCC1CCCC1O.